The van der Waals surface area contributed by atoms with Gasteiger partial charge in [0.25, 0.3) is 0 Å². The van der Waals surface area contributed by atoms with Crippen LogP contribution in [0.2, 0.25) is 0 Å². The lowest BCUT2D eigenvalue weighted by Gasteiger charge is -2.37. The fourth-order valence-corrected chi connectivity index (χ4v) is 8.03. The zero-order valence-electron chi connectivity index (χ0n) is 27.5. The van der Waals surface area contributed by atoms with E-state index in [2.05, 4.69) is 5.32 Å². The van der Waals surface area contributed by atoms with Crippen molar-refractivity contribution in [2.75, 3.05) is 24.4 Å². The van der Waals surface area contributed by atoms with E-state index in [0.29, 0.717) is 22.7 Å². The molecule has 4 atom stereocenters. The van der Waals surface area contributed by atoms with Crippen LogP contribution in [-0.4, -0.2) is 44.0 Å². The number of hydrogen-bond acceptors (Lipinski definition) is 7. The van der Waals surface area contributed by atoms with Crippen LogP contribution in [0, 0.1) is 5.92 Å². The lowest BCUT2D eigenvalue weighted by atomic mass is 9.64. The fraction of sp³-hybridized carbons (Fsp3) is 0.167. The summed E-state index contributed by atoms with van der Waals surface area (Å²) >= 11 is 0. The number of carbonyl (C=O) groups excluding carboxylic acids is 3. The Morgan fingerprint density at radius 2 is 1.40 bits per heavy atom. The average molecular weight is 663 g/mol. The van der Waals surface area contributed by atoms with Crippen molar-refractivity contribution in [1.82, 2.24) is 0 Å². The van der Waals surface area contributed by atoms with Gasteiger partial charge in [-0.2, -0.15) is 0 Å². The molecule has 248 valence electrons. The minimum atomic E-state index is -1.48. The van der Waals surface area contributed by atoms with Crippen LogP contribution in [0.3, 0.4) is 0 Å². The summed E-state index contributed by atoms with van der Waals surface area (Å²) in [5.74, 6) is -1.76. The van der Waals surface area contributed by atoms with Gasteiger partial charge in [-0.25, -0.2) is 4.79 Å². The Morgan fingerprint density at radius 1 is 0.760 bits per heavy atom. The van der Waals surface area contributed by atoms with E-state index in [1.807, 2.05) is 126 Å². The van der Waals surface area contributed by atoms with Crippen molar-refractivity contribution in [3.8, 4) is 11.5 Å². The van der Waals surface area contributed by atoms with Crippen LogP contribution in [0.15, 0.2) is 133 Å². The molecule has 1 saturated heterocycles. The van der Waals surface area contributed by atoms with Gasteiger partial charge in [0.2, 0.25) is 5.91 Å². The van der Waals surface area contributed by atoms with Gasteiger partial charge >= 0.3 is 5.97 Å². The van der Waals surface area contributed by atoms with Gasteiger partial charge < -0.3 is 24.4 Å². The highest BCUT2D eigenvalue weighted by Crippen LogP contribution is 2.58. The van der Waals surface area contributed by atoms with Crippen molar-refractivity contribution in [2.24, 2.45) is 5.92 Å². The second-order valence-corrected chi connectivity index (χ2v) is 12.6. The number of esters is 1. The van der Waals surface area contributed by atoms with Gasteiger partial charge in [0.05, 0.1) is 26.2 Å². The van der Waals surface area contributed by atoms with E-state index in [1.165, 1.54) is 14.2 Å². The number of ether oxygens (including phenoxy) is 3. The van der Waals surface area contributed by atoms with Crippen LogP contribution in [0.5, 0.6) is 11.5 Å². The van der Waals surface area contributed by atoms with E-state index < -0.39 is 41.3 Å². The van der Waals surface area contributed by atoms with Crippen molar-refractivity contribution in [1.29, 1.82) is 0 Å². The summed E-state index contributed by atoms with van der Waals surface area (Å²) in [6, 6.07) is 37.2. The molecule has 3 aliphatic rings. The molecule has 0 bridgehead atoms. The number of carbonyl (C=O) groups is 3. The van der Waals surface area contributed by atoms with Gasteiger partial charge in [0.15, 0.2) is 23.4 Å². The summed E-state index contributed by atoms with van der Waals surface area (Å²) in [7, 11) is 3.02. The van der Waals surface area contributed by atoms with Crippen molar-refractivity contribution < 1.29 is 28.6 Å². The van der Waals surface area contributed by atoms with E-state index in [0.717, 1.165) is 22.4 Å². The molecule has 5 aromatic carbocycles. The minimum absolute atomic E-state index is 0.279. The third-order valence-electron chi connectivity index (χ3n) is 10.2. The molecule has 3 heterocycles. The highest BCUT2D eigenvalue weighted by Gasteiger charge is 2.71. The maximum atomic E-state index is 15.3. The standard InChI is InChI=1S/C42H34N2O6/c1-48-33-23-21-29(25-34(33)49-2)38(45)36-37(40(46)50-39(27-14-5-3-6-15-27)28-16-7-4-8-17-28)44-32-20-12-9-13-26(32)22-24-35(44)42(36)30-18-10-11-19-31(30)43-41(42)47/h3-25,35-37,39H,1-2H3,(H,43,47)/t35-,36+,37-,42+/m1/s1. The third-order valence-corrected chi connectivity index (χ3v) is 10.2. The van der Waals surface area contributed by atoms with E-state index in [4.69, 9.17) is 14.2 Å². The van der Waals surface area contributed by atoms with Crippen molar-refractivity contribution in [3.63, 3.8) is 0 Å². The molecular formula is C42H34N2O6. The summed E-state index contributed by atoms with van der Waals surface area (Å²) in [4.78, 5) is 47.1. The third kappa shape index (κ3) is 4.70. The van der Waals surface area contributed by atoms with E-state index in [-0.39, 0.29) is 11.5 Å². The highest BCUT2D eigenvalue weighted by molar-refractivity contribution is 6.16. The number of ketones is 1. The van der Waals surface area contributed by atoms with Gasteiger partial charge in [-0.15, -0.1) is 0 Å². The predicted molar refractivity (Wildman–Crippen MR) is 190 cm³/mol. The molecule has 1 amide bonds. The molecule has 1 spiro atoms. The Labute approximate surface area is 289 Å². The van der Waals surface area contributed by atoms with Crippen LogP contribution in [0.1, 0.15) is 38.7 Å². The Kier molecular flexibility index (Phi) is 7.71. The van der Waals surface area contributed by atoms with Gasteiger partial charge in [-0.3, -0.25) is 9.59 Å². The molecule has 3 aliphatic heterocycles. The first kappa shape index (κ1) is 31.1. The molecule has 5 aromatic rings. The van der Waals surface area contributed by atoms with Crippen LogP contribution in [0.4, 0.5) is 11.4 Å². The molecule has 0 aliphatic carbocycles. The van der Waals surface area contributed by atoms with Crippen molar-refractivity contribution >= 4 is 35.1 Å². The minimum Gasteiger partial charge on any atom is -0.493 e. The van der Waals surface area contributed by atoms with Gasteiger partial charge in [-0.1, -0.05) is 109 Å². The molecule has 1 fully saturated rings. The average Bonchev–Trinajstić information content (AvgIpc) is 3.65. The number of fused-ring (bicyclic) bond motifs is 6. The largest absolute Gasteiger partial charge is 0.493 e. The summed E-state index contributed by atoms with van der Waals surface area (Å²) in [6.07, 6.45) is 3.14. The van der Waals surface area contributed by atoms with Crippen molar-refractivity contribution in [3.05, 3.63) is 161 Å². The first-order valence-corrected chi connectivity index (χ1v) is 16.5. The zero-order chi connectivity index (χ0) is 34.4. The molecule has 8 rings (SSSR count). The number of benzene rings is 5. The number of anilines is 2. The highest BCUT2D eigenvalue weighted by atomic mass is 16.5. The summed E-state index contributed by atoms with van der Waals surface area (Å²) in [5, 5.41) is 3.07. The van der Waals surface area contributed by atoms with Crippen molar-refractivity contribution in [2.45, 2.75) is 23.6 Å². The van der Waals surface area contributed by atoms with E-state index >= 15 is 9.59 Å². The number of para-hydroxylation sites is 2. The second kappa shape index (κ2) is 12.4. The van der Waals surface area contributed by atoms with Crippen LogP contribution in [0.25, 0.3) is 6.08 Å². The summed E-state index contributed by atoms with van der Waals surface area (Å²) in [5.41, 5.74) is 3.22. The predicted octanol–water partition coefficient (Wildman–Crippen LogP) is 7.01. The number of nitrogens with one attached hydrogen (secondary N) is 1. The van der Waals surface area contributed by atoms with Gasteiger partial charge in [0, 0.05) is 16.9 Å². The van der Waals surface area contributed by atoms with E-state index in [9.17, 15) is 4.79 Å². The molecular weight excluding hydrogens is 628 g/mol. The molecule has 0 saturated carbocycles. The molecule has 0 unspecified atom stereocenters. The van der Waals surface area contributed by atoms with Crippen LogP contribution >= 0.6 is 0 Å². The number of methoxy groups -OCH3 is 2. The number of Topliss-reactive ketones (excluding diaryl/α,β-unsaturated/α-hetero) is 1. The number of hydrogen-bond donors (Lipinski definition) is 1. The first-order valence-electron chi connectivity index (χ1n) is 16.5. The Morgan fingerprint density at radius 3 is 2.10 bits per heavy atom. The number of nitrogens with zero attached hydrogens (tertiary/aromatic N) is 1. The number of amides is 1. The lowest BCUT2D eigenvalue weighted by Crippen LogP contribution is -2.51. The van der Waals surface area contributed by atoms with Crippen LogP contribution < -0.4 is 19.7 Å². The molecule has 8 nitrogen and oxygen atoms in total. The van der Waals surface area contributed by atoms with Gasteiger partial charge in [0.1, 0.15) is 11.5 Å². The Hall–Kier alpha value is -6.15. The van der Waals surface area contributed by atoms with Gasteiger partial charge in [-0.05, 0) is 52.6 Å². The Balaban J connectivity index is 1.36. The summed E-state index contributed by atoms with van der Waals surface area (Å²) < 4.78 is 17.6. The molecule has 50 heavy (non-hydrogen) atoms. The smallest absolute Gasteiger partial charge is 0.330 e. The first-order chi connectivity index (χ1) is 24.5. The topological polar surface area (TPSA) is 94.2 Å². The second-order valence-electron chi connectivity index (χ2n) is 12.6. The molecule has 1 N–H and O–H groups in total. The molecule has 0 aromatic heterocycles. The maximum absolute atomic E-state index is 15.3. The Bertz CT molecular complexity index is 2110. The lowest BCUT2D eigenvalue weighted by molar-refractivity contribution is -0.150. The SMILES string of the molecule is COc1ccc(C(=O)[C@@H]2[C@H](C(=O)OC(c3ccccc3)c3ccccc3)N3c4ccccc4C=C[C@@H]3[C@]23C(=O)Nc2ccccc23)cc1OC. The fourth-order valence-electron chi connectivity index (χ4n) is 8.03. The zero-order valence-corrected chi connectivity index (χ0v) is 27.5. The summed E-state index contributed by atoms with van der Waals surface area (Å²) in [6.45, 7) is 0. The molecule has 0 radical (unpaired) electrons. The monoisotopic (exact) mass is 662 g/mol. The molecule has 8 heteroatoms. The van der Waals surface area contributed by atoms with Crippen LogP contribution in [-0.2, 0) is 19.7 Å². The quantitative estimate of drug-likeness (QED) is 0.141. The number of rotatable bonds is 8. The van der Waals surface area contributed by atoms with E-state index in [1.54, 1.807) is 18.2 Å². The normalized spacial score (nSPS) is 21.3. The maximum Gasteiger partial charge on any atom is 0.330 e.